The van der Waals surface area contributed by atoms with Crippen LogP contribution in [0, 0.1) is 11.3 Å². The topological polar surface area (TPSA) is 64.3 Å². The molecular weight excluding hydrogens is 180 g/mol. The molecule has 0 unspecified atom stereocenters. The molecule has 0 fully saturated rings. The highest BCUT2D eigenvalue weighted by molar-refractivity contribution is 6.06. The molecule has 0 spiro atoms. The maximum absolute atomic E-state index is 11.2. The SMILES string of the molecule is C=C(C#N)C(=O)N(O)c1ccccc1. The number of benzene rings is 1. The van der Waals surface area contributed by atoms with Crippen LogP contribution in [-0.4, -0.2) is 11.1 Å². The van der Waals surface area contributed by atoms with Crippen LogP contribution in [0.25, 0.3) is 0 Å². The molecule has 4 nitrogen and oxygen atoms in total. The van der Waals surface area contributed by atoms with Gasteiger partial charge in [-0.15, -0.1) is 0 Å². The number of nitriles is 1. The number of para-hydroxylation sites is 1. The Balaban J connectivity index is 2.88. The van der Waals surface area contributed by atoms with Crippen molar-refractivity contribution in [2.75, 3.05) is 5.06 Å². The fourth-order valence-corrected chi connectivity index (χ4v) is 0.862. The van der Waals surface area contributed by atoms with Crippen LogP contribution in [0.3, 0.4) is 0 Å². The monoisotopic (exact) mass is 188 g/mol. The normalized spacial score (nSPS) is 8.86. The first kappa shape index (κ1) is 9.96. The highest BCUT2D eigenvalue weighted by Crippen LogP contribution is 2.12. The van der Waals surface area contributed by atoms with Gasteiger partial charge >= 0.3 is 0 Å². The van der Waals surface area contributed by atoms with Gasteiger partial charge in [-0.05, 0) is 12.1 Å². The van der Waals surface area contributed by atoms with E-state index in [9.17, 15) is 10.0 Å². The van der Waals surface area contributed by atoms with Crippen molar-refractivity contribution in [2.45, 2.75) is 0 Å². The Kier molecular flexibility index (Phi) is 3.00. The Morgan fingerprint density at radius 3 is 2.50 bits per heavy atom. The molecule has 0 radical (unpaired) electrons. The number of rotatable bonds is 2. The van der Waals surface area contributed by atoms with E-state index in [2.05, 4.69) is 6.58 Å². The molecule has 1 N–H and O–H groups in total. The van der Waals surface area contributed by atoms with Crippen molar-refractivity contribution >= 4 is 11.6 Å². The molecule has 0 aromatic heterocycles. The molecule has 4 heteroatoms. The van der Waals surface area contributed by atoms with Gasteiger partial charge in [0, 0.05) is 0 Å². The molecule has 0 saturated carbocycles. The molecule has 0 aliphatic heterocycles. The number of carbonyl (C=O) groups excluding carboxylic acids is 1. The third kappa shape index (κ3) is 1.97. The smallest absolute Gasteiger partial charge is 0.281 e. The molecule has 1 aromatic carbocycles. The van der Waals surface area contributed by atoms with Crippen molar-refractivity contribution in [3.8, 4) is 6.07 Å². The molecule has 1 amide bonds. The summed E-state index contributed by atoms with van der Waals surface area (Å²) in [6.45, 7) is 3.21. The standard InChI is InChI=1S/C10H8N2O2/c1-8(7-11)10(13)12(14)9-5-3-2-4-6-9/h2-6,14H,1H2. The van der Waals surface area contributed by atoms with E-state index in [1.807, 2.05) is 0 Å². The minimum Gasteiger partial charge on any atom is -0.281 e. The first-order chi connectivity index (χ1) is 6.66. The summed E-state index contributed by atoms with van der Waals surface area (Å²) in [7, 11) is 0. The third-order valence-electron chi connectivity index (χ3n) is 1.59. The number of hydrogen-bond acceptors (Lipinski definition) is 3. The Bertz CT molecular complexity index is 392. The van der Waals surface area contributed by atoms with E-state index in [0.29, 0.717) is 10.8 Å². The second-order valence-electron chi connectivity index (χ2n) is 2.54. The first-order valence-corrected chi connectivity index (χ1v) is 3.84. The molecule has 1 rings (SSSR count). The fourth-order valence-electron chi connectivity index (χ4n) is 0.862. The zero-order valence-corrected chi connectivity index (χ0v) is 7.34. The van der Waals surface area contributed by atoms with Gasteiger partial charge in [-0.25, -0.2) is 0 Å². The molecule has 14 heavy (non-hydrogen) atoms. The second kappa shape index (κ2) is 4.21. The quantitative estimate of drug-likeness (QED) is 0.331. The first-order valence-electron chi connectivity index (χ1n) is 3.84. The van der Waals surface area contributed by atoms with Gasteiger partial charge in [-0.3, -0.25) is 10.0 Å². The van der Waals surface area contributed by atoms with E-state index in [1.165, 1.54) is 0 Å². The number of nitrogens with zero attached hydrogens (tertiary/aromatic N) is 2. The van der Waals surface area contributed by atoms with Crippen LogP contribution < -0.4 is 5.06 Å². The predicted molar refractivity (Wildman–Crippen MR) is 50.5 cm³/mol. The predicted octanol–water partition coefficient (Wildman–Crippen LogP) is 1.49. The average molecular weight is 188 g/mol. The highest BCUT2D eigenvalue weighted by Gasteiger charge is 2.15. The van der Waals surface area contributed by atoms with Crippen LogP contribution in [0.1, 0.15) is 0 Å². The maximum Gasteiger partial charge on any atom is 0.292 e. The van der Waals surface area contributed by atoms with Crippen LogP contribution in [0.4, 0.5) is 5.69 Å². The number of carbonyl (C=O) groups is 1. The fraction of sp³-hybridized carbons (Fsp3) is 0. The van der Waals surface area contributed by atoms with E-state index in [4.69, 9.17) is 5.26 Å². The number of hydroxylamine groups is 1. The van der Waals surface area contributed by atoms with E-state index in [1.54, 1.807) is 36.4 Å². The molecule has 70 valence electrons. The van der Waals surface area contributed by atoms with E-state index in [-0.39, 0.29) is 5.57 Å². The zero-order valence-electron chi connectivity index (χ0n) is 7.34. The summed E-state index contributed by atoms with van der Waals surface area (Å²) in [4.78, 5) is 11.2. The van der Waals surface area contributed by atoms with Crippen LogP contribution in [0.2, 0.25) is 0 Å². The number of anilines is 1. The van der Waals surface area contributed by atoms with Crippen molar-refractivity contribution in [3.05, 3.63) is 42.5 Å². The van der Waals surface area contributed by atoms with E-state index in [0.717, 1.165) is 0 Å². The Morgan fingerprint density at radius 2 is 2.00 bits per heavy atom. The molecule has 0 saturated heterocycles. The Morgan fingerprint density at radius 1 is 1.43 bits per heavy atom. The summed E-state index contributed by atoms with van der Waals surface area (Å²) < 4.78 is 0. The van der Waals surface area contributed by atoms with Gasteiger partial charge in [-0.1, -0.05) is 24.8 Å². The summed E-state index contributed by atoms with van der Waals surface area (Å²) in [5.74, 6) is -0.821. The summed E-state index contributed by atoms with van der Waals surface area (Å²) in [6, 6.07) is 9.74. The lowest BCUT2D eigenvalue weighted by Crippen LogP contribution is -2.27. The summed E-state index contributed by atoms with van der Waals surface area (Å²) in [5, 5.41) is 18.1. The van der Waals surface area contributed by atoms with Gasteiger partial charge in [0.25, 0.3) is 5.91 Å². The van der Waals surface area contributed by atoms with Gasteiger partial charge in [0.1, 0.15) is 11.6 Å². The van der Waals surface area contributed by atoms with Crippen LogP contribution >= 0.6 is 0 Å². The third-order valence-corrected chi connectivity index (χ3v) is 1.59. The van der Waals surface area contributed by atoms with E-state index >= 15 is 0 Å². The number of amides is 1. The van der Waals surface area contributed by atoms with Gasteiger partial charge in [0.05, 0.1) is 5.69 Å². The van der Waals surface area contributed by atoms with Crippen LogP contribution in [0.5, 0.6) is 0 Å². The second-order valence-corrected chi connectivity index (χ2v) is 2.54. The molecular formula is C10H8N2O2. The molecule has 1 aromatic rings. The van der Waals surface area contributed by atoms with Crippen LogP contribution in [-0.2, 0) is 4.79 Å². The Labute approximate surface area is 81.3 Å². The summed E-state index contributed by atoms with van der Waals surface area (Å²) in [5.41, 5.74) is -0.00902. The lowest BCUT2D eigenvalue weighted by Gasteiger charge is -2.13. The molecule has 0 bridgehead atoms. The molecule has 0 atom stereocenters. The lowest BCUT2D eigenvalue weighted by molar-refractivity contribution is -0.119. The largest absolute Gasteiger partial charge is 0.292 e. The van der Waals surface area contributed by atoms with Gasteiger partial charge in [-0.2, -0.15) is 10.3 Å². The molecule has 0 heterocycles. The van der Waals surface area contributed by atoms with Crippen molar-refractivity contribution < 1.29 is 10.0 Å². The minimum atomic E-state index is -0.821. The van der Waals surface area contributed by atoms with Crippen LogP contribution in [0.15, 0.2) is 42.5 Å². The summed E-state index contributed by atoms with van der Waals surface area (Å²) in [6.07, 6.45) is 0. The molecule has 0 aliphatic rings. The van der Waals surface area contributed by atoms with Gasteiger partial charge in [0.2, 0.25) is 0 Å². The van der Waals surface area contributed by atoms with E-state index < -0.39 is 5.91 Å². The average Bonchev–Trinajstić information content (AvgIpc) is 2.27. The molecule has 0 aliphatic carbocycles. The van der Waals surface area contributed by atoms with Gasteiger partial charge < -0.3 is 0 Å². The summed E-state index contributed by atoms with van der Waals surface area (Å²) >= 11 is 0. The maximum atomic E-state index is 11.2. The highest BCUT2D eigenvalue weighted by atomic mass is 16.5. The number of hydrogen-bond donors (Lipinski definition) is 1. The van der Waals surface area contributed by atoms with Crippen molar-refractivity contribution in [2.24, 2.45) is 0 Å². The Hall–Kier alpha value is -2.12. The zero-order chi connectivity index (χ0) is 10.6. The van der Waals surface area contributed by atoms with Gasteiger partial charge in [0.15, 0.2) is 0 Å². The lowest BCUT2D eigenvalue weighted by atomic mass is 10.2. The van der Waals surface area contributed by atoms with Crippen molar-refractivity contribution in [1.82, 2.24) is 0 Å². The minimum absolute atomic E-state index is 0.300. The van der Waals surface area contributed by atoms with Crippen molar-refractivity contribution in [1.29, 1.82) is 5.26 Å². The van der Waals surface area contributed by atoms with Crippen molar-refractivity contribution in [3.63, 3.8) is 0 Å².